The van der Waals surface area contributed by atoms with Gasteiger partial charge in [0.25, 0.3) is 0 Å². The van der Waals surface area contributed by atoms with Gasteiger partial charge in [-0.1, -0.05) is 0 Å². The van der Waals surface area contributed by atoms with Gasteiger partial charge in [0.1, 0.15) is 0 Å². The molecule has 0 radical (unpaired) electrons. The first-order valence-corrected chi connectivity index (χ1v) is 10.2. The number of anilines is 1. The Kier molecular flexibility index (Phi) is 5.47. The Bertz CT molecular complexity index is 770. The number of benzene rings is 1. The van der Waals surface area contributed by atoms with Crippen LogP contribution in [0.3, 0.4) is 0 Å². The molecule has 2 heterocycles. The summed E-state index contributed by atoms with van der Waals surface area (Å²) >= 11 is 0. The average Bonchev–Trinajstić information content (AvgIpc) is 3.08. The first kappa shape index (κ1) is 18.7. The molecule has 2 aliphatic heterocycles. The number of carbonyl (C=O) groups excluding carboxylic acids is 2. The van der Waals surface area contributed by atoms with Gasteiger partial charge in [-0.2, -0.15) is 4.31 Å². The molecule has 26 heavy (non-hydrogen) atoms. The highest BCUT2D eigenvalue weighted by Gasteiger charge is 2.31. The lowest BCUT2D eigenvalue weighted by Gasteiger charge is -2.33. The van der Waals surface area contributed by atoms with Crippen molar-refractivity contribution >= 4 is 27.7 Å². The summed E-state index contributed by atoms with van der Waals surface area (Å²) in [7, 11) is -3.63. The maximum atomic E-state index is 12.8. The SMILES string of the molecule is CCOC(=O)N1CCN(S(=O)(=O)c2ccc(N3CCCC3=O)cc2)CC1. The highest BCUT2D eigenvalue weighted by atomic mass is 32.2. The molecule has 0 saturated carbocycles. The molecule has 0 N–H and O–H groups in total. The molecule has 0 aliphatic carbocycles. The normalized spacial score (nSPS) is 19.0. The average molecular weight is 381 g/mol. The van der Waals surface area contributed by atoms with E-state index in [1.165, 1.54) is 21.3 Å². The molecule has 3 rings (SSSR count). The largest absolute Gasteiger partial charge is 0.450 e. The summed E-state index contributed by atoms with van der Waals surface area (Å²) in [6.45, 7) is 3.76. The third kappa shape index (κ3) is 3.68. The van der Waals surface area contributed by atoms with E-state index in [2.05, 4.69) is 0 Å². The molecule has 0 unspecified atom stereocenters. The van der Waals surface area contributed by atoms with Gasteiger partial charge in [0, 0.05) is 44.8 Å². The van der Waals surface area contributed by atoms with E-state index in [1.54, 1.807) is 24.0 Å². The second kappa shape index (κ2) is 7.63. The molecule has 2 aliphatic rings. The zero-order chi connectivity index (χ0) is 18.7. The van der Waals surface area contributed by atoms with Gasteiger partial charge in [-0.3, -0.25) is 4.79 Å². The number of hydrogen-bond acceptors (Lipinski definition) is 5. The summed E-state index contributed by atoms with van der Waals surface area (Å²) in [5.74, 6) is 0.0655. The number of amides is 2. The van der Waals surface area contributed by atoms with Crippen molar-refractivity contribution in [3.05, 3.63) is 24.3 Å². The molecular weight excluding hydrogens is 358 g/mol. The number of sulfonamides is 1. The summed E-state index contributed by atoms with van der Waals surface area (Å²) in [5, 5.41) is 0. The maximum absolute atomic E-state index is 12.8. The Hall–Kier alpha value is -2.13. The zero-order valence-corrected chi connectivity index (χ0v) is 15.6. The van der Waals surface area contributed by atoms with Crippen molar-refractivity contribution in [1.82, 2.24) is 9.21 Å². The summed E-state index contributed by atoms with van der Waals surface area (Å²) < 4.78 is 31.9. The van der Waals surface area contributed by atoms with Crippen molar-refractivity contribution in [3.8, 4) is 0 Å². The van der Waals surface area contributed by atoms with E-state index in [9.17, 15) is 18.0 Å². The number of ether oxygens (including phenoxy) is 1. The van der Waals surface area contributed by atoms with Crippen molar-refractivity contribution < 1.29 is 22.7 Å². The number of piperazine rings is 1. The molecule has 0 atom stereocenters. The topological polar surface area (TPSA) is 87.2 Å². The van der Waals surface area contributed by atoms with Gasteiger partial charge in [0.05, 0.1) is 11.5 Å². The van der Waals surface area contributed by atoms with Gasteiger partial charge in [0.15, 0.2) is 0 Å². The Morgan fingerprint density at radius 2 is 1.73 bits per heavy atom. The molecule has 142 valence electrons. The minimum absolute atomic E-state index is 0.0655. The fourth-order valence-electron chi connectivity index (χ4n) is 3.19. The van der Waals surface area contributed by atoms with Crippen molar-refractivity contribution in [3.63, 3.8) is 0 Å². The minimum Gasteiger partial charge on any atom is -0.450 e. The Labute approximate surface area is 153 Å². The Morgan fingerprint density at radius 3 is 2.27 bits per heavy atom. The zero-order valence-electron chi connectivity index (χ0n) is 14.8. The molecule has 9 heteroatoms. The molecule has 0 bridgehead atoms. The van der Waals surface area contributed by atoms with Crippen LogP contribution in [-0.4, -0.2) is 69.0 Å². The molecule has 1 aromatic carbocycles. The van der Waals surface area contributed by atoms with Gasteiger partial charge in [-0.05, 0) is 37.6 Å². The van der Waals surface area contributed by atoms with Gasteiger partial charge in [-0.15, -0.1) is 0 Å². The van der Waals surface area contributed by atoms with E-state index >= 15 is 0 Å². The van der Waals surface area contributed by atoms with Crippen LogP contribution < -0.4 is 4.90 Å². The molecule has 2 saturated heterocycles. The lowest BCUT2D eigenvalue weighted by molar-refractivity contribution is -0.117. The van der Waals surface area contributed by atoms with Crippen LogP contribution in [0.15, 0.2) is 29.2 Å². The van der Waals surface area contributed by atoms with Crippen LogP contribution >= 0.6 is 0 Å². The predicted molar refractivity (Wildman–Crippen MR) is 95.4 cm³/mol. The second-order valence-corrected chi connectivity index (χ2v) is 8.17. The van der Waals surface area contributed by atoms with Gasteiger partial charge < -0.3 is 14.5 Å². The van der Waals surface area contributed by atoms with E-state index < -0.39 is 16.1 Å². The van der Waals surface area contributed by atoms with Crippen LogP contribution in [0, 0.1) is 0 Å². The highest BCUT2D eigenvalue weighted by Crippen LogP contribution is 2.25. The van der Waals surface area contributed by atoms with Crippen LogP contribution in [0.25, 0.3) is 0 Å². The molecule has 8 nitrogen and oxygen atoms in total. The molecule has 2 fully saturated rings. The number of nitrogens with zero attached hydrogens (tertiary/aromatic N) is 3. The molecular formula is C17H23N3O5S. The number of carbonyl (C=O) groups is 2. The molecule has 2 amide bonds. The Morgan fingerprint density at radius 1 is 1.08 bits per heavy atom. The minimum atomic E-state index is -3.63. The van der Waals surface area contributed by atoms with Crippen LogP contribution in [0.5, 0.6) is 0 Å². The van der Waals surface area contributed by atoms with Gasteiger partial charge >= 0.3 is 6.09 Å². The highest BCUT2D eigenvalue weighted by molar-refractivity contribution is 7.89. The summed E-state index contributed by atoms with van der Waals surface area (Å²) in [6.07, 6.45) is 0.943. The number of hydrogen-bond donors (Lipinski definition) is 0. The van der Waals surface area contributed by atoms with Gasteiger partial charge in [-0.25, -0.2) is 13.2 Å². The van der Waals surface area contributed by atoms with Crippen molar-refractivity contribution in [2.45, 2.75) is 24.7 Å². The van der Waals surface area contributed by atoms with E-state index in [0.29, 0.717) is 32.7 Å². The van der Waals surface area contributed by atoms with Crippen molar-refractivity contribution in [1.29, 1.82) is 0 Å². The van der Waals surface area contributed by atoms with Crippen molar-refractivity contribution in [2.24, 2.45) is 0 Å². The lowest BCUT2D eigenvalue weighted by Crippen LogP contribution is -2.50. The fraction of sp³-hybridized carbons (Fsp3) is 0.529. The fourth-order valence-corrected chi connectivity index (χ4v) is 4.62. The van der Waals surface area contributed by atoms with E-state index in [4.69, 9.17) is 4.74 Å². The van der Waals surface area contributed by atoms with E-state index in [1.807, 2.05) is 0 Å². The quantitative estimate of drug-likeness (QED) is 0.784. The van der Waals surface area contributed by atoms with Crippen LogP contribution in [0.1, 0.15) is 19.8 Å². The molecule has 1 aromatic rings. The van der Waals surface area contributed by atoms with Gasteiger partial charge in [0.2, 0.25) is 15.9 Å². The van der Waals surface area contributed by atoms with Crippen LogP contribution in [-0.2, 0) is 19.6 Å². The second-order valence-electron chi connectivity index (χ2n) is 6.23. The summed E-state index contributed by atoms with van der Waals surface area (Å²) in [5.41, 5.74) is 0.721. The third-order valence-electron chi connectivity index (χ3n) is 4.62. The van der Waals surface area contributed by atoms with Crippen LogP contribution in [0.2, 0.25) is 0 Å². The first-order valence-electron chi connectivity index (χ1n) is 8.76. The lowest BCUT2D eigenvalue weighted by atomic mass is 10.3. The third-order valence-corrected chi connectivity index (χ3v) is 6.54. The smallest absolute Gasteiger partial charge is 0.409 e. The standard InChI is InChI=1S/C17H23N3O5S/c1-2-25-17(22)18-10-12-19(13-11-18)26(23,24)15-7-5-14(6-8-15)20-9-3-4-16(20)21/h5-8H,2-4,9-13H2,1H3. The molecule has 0 aromatic heterocycles. The van der Waals surface area contributed by atoms with E-state index in [0.717, 1.165) is 12.1 Å². The predicted octanol–water partition coefficient (Wildman–Crippen LogP) is 1.28. The summed E-state index contributed by atoms with van der Waals surface area (Å²) in [4.78, 5) is 26.9. The maximum Gasteiger partial charge on any atom is 0.409 e. The monoisotopic (exact) mass is 381 g/mol. The number of rotatable bonds is 4. The summed E-state index contributed by atoms with van der Waals surface area (Å²) in [6, 6.07) is 6.41. The molecule has 0 spiro atoms. The Balaban J connectivity index is 1.67. The first-order chi connectivity index (χ1) is 12.4. The van der Waals surface area contributed by atoms with E-state index in [-0.39, 0.29) is 23.9 Å². The van der Waals surface area contributed by atoms with Crippen LogP contribution in [0.4, 0.5) is 10.5 Å². The van der Waals surface area contributed by atoms with Crippen molar-refractivity contribution in [2.75, 3.05) is 44.2 Å².